The lowest BCUT2D eigenvalue weighted by molar-refractivity contribution is 0.0636. The van der Waals surface area contributed by atoms with Gasteiger partial charge in [-0.05, 0) is 39.1 Å². The molecule has 2 heterocycles. The zero-order chi connectivity index (χ0) is 18.6. The second-order valence-corrected chi connectivity index (χ2v) is 7.38. The van der Waals surface area contributed by atoms with Gasteiger partial charge in [-0.2, -0.15) is 5.10 Å². The summed E-state index contributed by atoms with van der Waals surface area (Å²) in [6, 6.07) is 9.29. The predicted molar refractivity (Wildman–Crippen MR) is 104 cm³/mol. The molecule has 2 N–H and O–H groups in total. The molecule has 0 spiro atoms. The van der Waals surface area contributed by atoms with Gasteiger partial charge in [-0.25, -0.2) is 9.48 Å². The van der Waals surface area contributed by atoms with Gasteiger partial charge in [0, 0.05) is 50.7 Å². The molecule has 3 rings (SSSR count). The van der Waals surface area contributed by atoms with Crippen LogP contribution < -0.4 is 10.6 Å². The van der Waals surface area contributed by atoms with E-state index < -0.39 is 0 Å². The van der Waals surface area contributed by atoms with Crippen LogP contribution in [0.2, 0.25) is 0 Å². The van der Waals surface area contributed by atoms with E-state index in [9.17, 15) is 4.79 Å². The zero-order valence-corrected chi connectivity index (χ0v) is 15.8. The van der Waals surface area contributed by atoms with Gasteiger partial charge in [-0.1, -0.05) is 12.1 Å². The normalized spacial score (nSPS) is 16.4. The number of likely N-dealkylation sites (N-methyl/N-ethyl adjacent to an activating group) is 1. The summed E-state index contributed by atoms with van der Waals surface area (Å²) < 4.78 is 1.74. The molecule has 26 heavy (non-hydrogen) atoms. The van der Waals surface area contributed by atoms with Gasteiger partial charge in [0.2, 0.25) is 0 Å². The largest absolute Gasteiger partial charge is 0.336 e. The van der Waals surface area contributed by atoms with Gasteiger partial charge in [0.25, 0.3) is 0 Å². The Balaban J connectivity index is 1.58. The highest BCUT2D eigenvalue weighted by atomic mass is 16.2. The fourth-order valence-corrected chi connectivity index (χ4v) is 3.18. The van der Waals surface area contributed by atoms with Crippen molar-refractivity contribution in [1.29, 1.82) is 0 Å². The van der Waals surface area contributed by atoms with E-state index in [1.165, 1.54) is 0 Å². The van der Waals surface area contributed by atoms with Crippen LogP contribution in [-0.4, -0.2) is 70.9 Å². The van der Waals surface area contributed by atoms with E-state index in [4.69, 9.17) is 0 Å². The molecular weight excluding hydrogens is 328 g/mol. The number of carbonyl (C=O) groups excluding carboxylic acids is 1. The minimum Gasteiger partial charge on any atom is -0.336 e. The van der Waals surface area contributed by atoms with E-state index in [0.29, 0.717) is 6.54 Å². The van der Waals surface area contributed by atoms with Crippen LogP contribution in [0.15, 0.2) is 42.7 Å². The molecule has 0 saturated carbocycles. The summed E-state index contributed by atoms with van der Waals surface area (Å²) in [5.41, 5.74) is 1.48. The number of anilines is 1. The summed E-state index contributed by atoms with van der Waals surface area (Å²) >= 11 is 0. The van der Waals surface area contributed by atoms with E-state index in [2.05, 4.69) is 46.4 Å². The van der Waals surface area contributed by atoms with Gasteiger partial charge < -0.3 is 15.5 Å². The molecule has 0 aliphatic carbocycles. The quantitative estimate of drug-likeness (QED) is 0.860. The number of rotatable bonds is 5. The van der Waals surface area contributed by atoms with Crippen molar-refractivity contribution in [3.8, 4) is 5.69 Å². The Morgan fingerprint density at radius 2 is 1.88 bits per heavy atom. The fourth-order valence-electron chi connectivity index (χ4n) is 3.18. The van der Waals surface area contributed by atoms with Crippen molar-refractivity contribution >= 4 is 11.7 Å². The van der Waals surface area contributed by atoms with Crippen LogP contribution in [0.5, 0.6) is 0 Å². The van der Waals surface area contributed by atoms with Crippen LogP contribution in [0, 0.1) is 0 Å². The molecule has 0 atom stereocenters. The van der Waals surface area contributed by atoms with Crippen LogP contribution in [0.25, 0.3) is 5.69 Å². The van der Waals surface area contributed by atoms with Crippen molar-refractivity contribution in [1.82, 2.24) is 24.9 Å². The Bertz CT molecular complexity index is 719. The van der Waals surface area contributed by atoms with Crippen molar-refractivity contribution in [3.63, 3.8) is 0 Å². The SMILES string of the molecule is CN1CCN(C(C)(C)CNC(=O)Nc2ccccc2-n2cccn2)CC1. The lowest BCUT2D eigenvalue weighted by Crippen LogP contribution is -2.58. The monoisotopic (exact) mass is 356 g/mol. The number of urea groups is 1. The third-order valence-electron chi connectivity index (χ3n) is 4.94. The highest BCUT2D eigenvalue weighted by Gasteiger charge is 2.29. The number of nitrogens with zero attached hydrogens (tertiary/aromatic N) is 4. The summed E-state index contributed by atoms with van der Waals surface area (Å²) in [6.07, 6.45) is 3.57. The first-order valence-electron chi connectivity index (χ1n) is 9.03. The molecule has 7 heteroatoms. The van der Waals surface area contributed by atoms with Gasteiger partial charge in [0.05, 0.1) is 11.4 Å². The second kappa shape index (κ2) is 7.88. The van der Waals surface area contributed by atoms with Crippen LogP contribution in [0.3, 0.4) is 0 Å². The molecule has 0 bridgehead atoms. The standard InChI is InChI=1S/C19H28N6O/c1-19(2,24-13-11-23(3)12-14-24)15-20-18(26)22-16-7-4-5-8-17(16)25-10-6-9-21-25/h4-10H,11-15H2,1-3H3,(H2,20,22,26). The van der Waals surface area contributed by atoms with Crippen LogP contribution in [0.4, 0.5) is 10.5 Å². The van der Waals surface area contributed by atoms with Crippen molar-refractivity contribution in [2.24, 2.45) is 0 Å². The van der Waals surface area contributed by atoms with Crippen LogP contribution in [0.1, 0.15) is 13.8 Å². The molecule has 2 amide bonds. The summed E-state index contributed by atoms with van der Waals surface area (Å²) in [7, 11) is 2.15. The Kier molecular flexibility index (Phi) is 5.58. The molecule has 1 aliphatic rings. The fraction of sp³-hybridized carbons (Fsp3) is 0.474. The third kappa shape index (κ3) is 4.42. The first-order valence-corrected chi connectivity index (χ1v) is 9.03. The van der Waals surface area contributed by atoms with Crippen molar-refractivity contribution < 1.29 is 4.79 Å². The van der Waals surface area contributed by atoms with Gasteiger partial charge in [0.15, 0.2) is 0 Å². The van der Waals surface area contributed by atoms with E-state index in [1.54, 1.807) is 10.9 Å². The average molecular weight is 356 g/mol. The van der Waals surface area contributed by atoms with Crippen LogP contribution >= 0.6 is 0 Å². The van der Waals surface area contributed by atoms with Gasteiger partial charge in [-0.15, -0.1) is 0 Å². The van der Waals surface area contributed by atoms with E-state index in [-0.39, 0.29) is 11.6 Å². The van der Waals surface area contributed by atoms with Gasteiger partial charge in [-0.3, -0.25) is 4.90 Å². The molecule has 7 nitrogen and oxygen atoms in total. The Labute approximate surface area is 155 Å². The minimum atomic E-state index is -0.202. The first kappa shape index (κ1) is 18.4. The summed E-state index contributed by atoms with van der Waals surface area (Å²) in [6.45, 7) is 9.11. The third-order valence-corrected chi connectivity index (χ3v) is 4.94. The molecule has 0 radical (unpaired) electrons. The average Bonchev–Trinajstić information content (AvgIpc) is 3.15. The van der Waals surface area contributed by atoms with Crippen molar-refractivity contribution in [3.05, 3.63) is 42.7 Å². The minimum absolute atomic E-state index is 0.0832. The Morgan fingerprint density at radius 3 is 2.58 bits per heavy atom. The zero-order valence-electron chi connectivity index (χ0n) is 15.8. The highest BCUT2D eigenvalue weighted by Crippen LogP contribution is 2.19. The van der Waals surface area contributed by atoms with E-state index in [0.717, 1.165) is 37.6 Å². The number of benzene rings is 1. The van der Waals surface area contributed by atoms with Gasteiger partial charge in [0.1, 0.15) is 0 Å². The number of hydrogen-bond acceptors (Lipinski definition) is 4. The molecule has 1 saturated heterocycles. The molecule has 0 unspecified atom stereocenters. The number of carbonyl (C=O) groups is 1. The molecule has 1 aliphatic heterocycles. The maximum Gasteiger partial charge on any atom is 0.319 e. The predicted octanol–water partition coefficient (Wildman–Crippen LogP) is 2.02. The first-order chi connectivity index (χ1) is 12.5. The number of amides is 2. The van der Waals surface area contributed by atoms with Gasteiger partial charge >= 0.3 is 6.03 Å². The van der Waals surface area contributed by atoms with E-state index >= 15 is 0 Å². The molecular formula is C19H28N6O. The highest BCUT2D eigenvalue weighted by molar-refractivity contribution is 5.91. The van der Waals surface area contributed by atoms with Crippen molar-refractivity contribution in [2.75, 3.05) is 45.1 Å². The number of hydrogen-bond donors (Lipinski definition) is 2. The second-order valence-electron chi connectivity index (χ2n) is 7.38. The number of nitrogens with one attached hydrogen (secondary N) is 2. The lowest BCUT2D eigenvalue weighted by Gasteiger charge is -2.43. The summed E-state index contributed by atoms with van der Waals surface area (Å²) in [5.74, 6) is 0. The smallest absolute Gasteiger partial charge is 0.319 e. The molecule has 2 aromatic rings. The lowest BCUT2D eigenvalue weighted by atomic mass is 10.0. The number of aromatic nitrogens is 2. The van der Waals surface area contributed by atoms with E-state index in [1.807, 2.05) is 36.5 Å². The Morgan fingerprint density at radius 1 is 1.15 bits per heavy atom. The molecule has 1 aromatic carbocycles. The molecule has 1 fully saturated rings. The summed E-state index contributed by atoms with van der Waals surface area (Å²) in [5, 5.41) is 10.2. The maximum absolute atomic E-state index is 12.4. The summed E-state index contributed by atoms with van der Waals surface area (Å²) in [4.78, 5) is 17.2. The molecule has 140 valence electrons. The Hall–Kier alpha value is -2.38. The van der Waals surface area contributed by atoms with Crippen LogP contribution in [-0.2, 0) is 0 Å². The molecule has 1 aromatic heterocycles. The topological polar surface area (TPSA) is 65.4 Å². The number of para-hydroxylation sites is 2. The van der Waals surface area contributed by atoms with Crippen molar-refractivity contribution in [2.45, 2.75) is 19.4 Å². The number of piperazine rings is 1. The maximum atomic E-state index is 12.4.